The lowest BCUT2D eigenvalue weighted by molar-refractivity contribution is -0.389. The molecule has 4 nitrogen and oxygen atoms in total. The Morgan fingerprint density at radius 3 is 2.43 bits per heavy atom. The first-order chi connectivity index (χ1) is 6.30. The second-order valence-corrected chi connectivity index (χ2v) is 2.68. The Labute approximate surface area is 80.5 Å². The highest BCUT2D eigenvalue weighted by atomic mass is 35.5. The van der Waals surface area contributed by atoms with Gasteiger partial charge in [-0.1, -0.05) is 0 Å². The Morgan fingerprint density at radius 2 is 2.00 bits per heavy atom. The summed E-state index contributed by atoms with van der Waals surface area (Å²) < 4.78 is 36.3. The molecule has 0 amide bonds. The Kier molecular flexibility index (Phi) is 2.61. The minimum absolute atomic E-state index is 0.325. The molecule has 0 saturated carbocycles. The first-order valence-electron chi connectivity index (χ1n) is 3.20. The third-order valence-electron chi connectivity index (χ3n) is 1.29. The van der Waals surface area contributed by atoms with Crippen LogP contribution >= 0.6 is 11.6 Å². The fourth-order valence-corrected chi connectivity index (χ4v) is 0.944. The Hall–Kier alpha value is -1.37. The molecule has 0 fully saturated rings. The third-order valence-corrected chi connectivity index (χ3v) is 1.49. The van der Waals surface area contributed by atoms with Gasteiger partial charge in [-0.2, -0.15) is 13.2 Å². The average Bonchev–Trinajstić information content (AvgIpc) is 2.01. The standard InChI is InChI=1S/C6H2ClF3N2O2/c7-4-1-3(6(8,9)10)2-5(11-4)12(13)14/h1-2H. The molecule has 14 heavy (non-hydrogen) atoms. The minimum atomic E-state index is -4.67. The van der Waals surface area contributed by atoms with E-state index in [0.717, 1.165) is 0 Å². The van der Waals surface area contributed by atoms with Crippen molar-refractivity contribution in [3.05, 3.63) is 33.0 Å². The summed E-state index contributed by atoms with van der Waals surface area (Å²) in [6.45, 7) is 0. The smallest absolute Gasteiger partial charge is 0.358 e. The molecule has 0 saturated heterocycles. The number of nitro groups is 1. The number of halogens is 4. The fraction of sp³-hybridized carbons (Fsp3) is 0.167. The zero-order valence-corrected chi connectivity index (χ0v) is 7.13. The zero-order valence-electron chi connectivity index (χ0n) is 6.38. The molecule has 0 aromatic carbocycles. The number of nitrogens with zero attached hydrogens (tertiary/aromatic N) is 2. The lowest BCUT2D eigenvalue weighted by atomic mass is 10.2. The van der Waals surface area contributed by atoms with Crippen LogP contribution in [0.15, 0.2) is 12.1 Å². The highest BCUT2D eigenvalue weighted by Crippen LogP contribution is 2.32. The van der Waals surface area contributed by atoms with Gasteiger partial charge in [0, 0.05) is 12.1 Å². The summed E-state index contributed by atoms with van der Waals surface area (Å²) in [6.07, 6.45) is -4.67. The van der Waals surface area contributed by atoms with Gasteiger partial charge >= 0.3 is 12.0 Å². The molecule has 0 N–H and O–H groups in total. The largest absolute Gasteiger partial charge is 0.416 e. The lowest BCUT2D eigenvalue weighted by Crippen LogP contribution is -2.06. The molecule has 1 aromatic heterocycles. The van der Waals surface area contributed by atoms with E-state index in [9.17, 15) is 23.3 Å². The monoisotopic (exact) mass is 226 g/mol. The predicted molar refractivity (Wildman–Crippen MR) is 40.9 cm³/mol. The van der Waals surface area contributed by atoms with Gasteiger partial charge in [0.25, 0.3) is 0 Å². The van der Waals surface area contributed by atoms with Crippen molar-refractivity contribution in [1.29, 1.82) is 0 Å². The van der Waals surface area contributed by atoms with E-state index in [-0.39, 0.29) is 0 Å². The first kappa shape index (κ1) is 10.7. The van der Waals surface area contributed by atoms with Crippen LogP contribution in [0, 0.1) is 10.1 Å². The van der Waals surface area contributed by atoms with E-state index in [1.807, 2.05) is 0 Å². The molecule has 1 aromatic rings. The van der Waals surface area contributed by atoms with Gasteiger partial charge in [-0.05, 0) is 21.5 Å². The molecule has 0 atom stereocenters. The fourth-order valence-electron chi connectivity index (χ4n) is 0.740. The second kappa shape index (κ2) is 3.41. The molecule has 0 radical (unpaired) electrons. The highest BCUT2D eigenvalue weighted by Gasteiger charge is 2.33. The summed E-state index contributed by atoms with van der Waals surface area (Å²) in [5.74, 6) is -0.926. The molecule has 0 unspecified atom stereocenters. The number of hydrogen-bond acceptors (Lipinski definition) is 3. The maximum atomic E-state index is 12.1. The summed E-state index contributed by atoms with van der Waals surface area (Å²) in [6, 6.07) is 0.848. The van der Waals surface area contributed by atoms with Gasteiger partial charge in [-0.3, -0.25) is 0 Å². The molecule has 0 aliphatic rings. The van der Waals surface area contributed by atoms with Crippen LogP contribution in [0.1, 0.15) is 5.56 Å². The molecule has 76 valence electrons. The summed E-state index contributed by atoms with van der Waals surface area (Å²) in [5, 5.41) is 9.59. The number of hydrogen-bond donors (Lipinski definition) is 0. The molecule has 8 heteroatoms. The van der Waals surface area contributed by atoms with Crippen LogP contribution in [-0.4, -0.2) is 9.91 Å². The van der Waals surface area contributed by atoms with Crippen molar-refractivity contribution >= 4 is 17.4 Å². The predicted octanol–water partition coefficient (Wildman–Crippen LogP) is 2.66. The quantitative estimate of drug-likeness (QED) is 0.420. The summed E-state index contributed by atoms with van der Waals surface area (Å²) >= 11 is 5.18. The van der Waals surface area contributed by atoms with Crippen molar-refractivity contribution in [2.75, 3.05) is 0 Å². The van der Waals surface area contributed by atoms with Gasteiger partial charge in [0.2, 0.25) is 5.15 Å². The Morgan fingerprint density at radius 1 is 1.43 bits per heavy atom. The number of pyridine rings is 1. The van der Waals surface area contributed by atoms with Crippen molar-refractivity contribution in [1.82, 2.24) is 4.98 Å². The van der Waals surface area contributed by atoms with Gasteiger partial charge in [-0.15, -0.1) is 0 Å². The van der Waals surface area contributed by atoms with Crippen LogP contribution in [0.3, 0.4) is 0 Å². The van der Waals surface area contributed by atoms with Crippen LogP contribution in [0.5, 0.6) is 0 Å². The minimum Gasteiger partial charge on any atom is -0.358 e. The number of aromatic nitrogens is 1. The first-order valence-corrected chi connectivity index (χ1v) is 3.57. The van der Waals surface area contributed by atoms with Crippen molar-refractivity contribution in [3.8, 4) is 0 Å². The molecule has 0 aliphatic carbocycles. The lowest BCUT2D eigenvalue weighted by Gasteiger charge is -2.04. The van der Waals surface area contributed by atoms with E-state index < -0.39 is 27.6 Å². The van der Waals surface area contributed by atoms with Crippen molar-refractivity contribution < 1.29 is 18.1 Å². The molecular weight excluding hydrogens is 225 g/mol. The van der Waals surface area contributed by atoms with E-state index in [1.54, 1.807) is 0 Å². The van der Waals surface area contributed by atoms with Crippen molar-refractivity contribution in [3.63, 3.8) is 0 Å². The van der Waals surface area contributed by atoms with Gasteiger partial charge in [0.05, 0.1) is 5.56 Å². The maximum Gasteiger partial charge on any atom is 0.416 e. The second-order valence-electron chi connectivity index (χ2n) is 2.29. The van der Waals surface area contributed by atoms with Crippen molar-refractivity contribution in [2.45, 2.75) is 6.18 Å². The summed E-state index contributed by atoms with van der Waals surface area (Å²) in [7, 11) is 0. The number of rotatable bonds is 1. The normalized spacial score (nSPS) is 11.4. The van der Waals surface area contributed by atoms with Crippen LogP contribution in [0.25, 0.3) is 0 Å². The van der Waals surface area contributed by atoms with Crippen LogP contribution < -0.4 is 0 Å². The van der Waals surface area contributed by atoms with E-state index in [2.05, 4.69) is 4.98 Å². The zero-order chi connectivity index (χ0) is 10.9. The Balaban J connectivity index is 3.28. The molecule has 0 spiro atoms. The third kappa shape index (κ3) is 2.32. The molecule has 0 aliphatic heterocycles. The highest BCUT2D eigenvalue weighted by molar-refractivity contribution is 6.29. The van der Waals surface area contributed by atoms with Crippen molar-refractivity contribution in [2.24, 2.45) is 0 Å². The summed E-state index contributed by atoms with van der Waals surface area (Å²) in [5.41, 5.74) is -1.19. The Bertz CT molecular complexity index is 380. The van der Waals surface area contributed by atoms with E-state index in [0.29, 0.717) is 12.1 Å². The van der Waals surface area contributed by atoms with Crippen LogP contribution in [0.2, 0.25) is 5.15 Å². The van der Waals surface area contributed by atoms with E-state index >= 15 is 0 Å². The SMILES string of the molecule is O=[N+]([O-])c1cc(C(F)(F)F)cc(Cl)n1. The summed E-state index contributed by atoms with van der Waals surface area (Å²) in [4.78, 5) is 12.2. The van der Waals surface area contributed by atoms with Gasteiger partial charge in [0.15, 0.2) is 0 Å². The topological polar surface area (TPSA) is 56.0 Å². The molecule has 1 rings (SSSR count). The molecule has 1 heterocycles. The van der Waals surface area contributed by atoms with E-state index in [1.165, 1.54) is 0 Å². The van der Waals surface area contributed by atoms with Gasteiger partial charge in [-0.25, -0.2) is 0 Å². The van der Waals surface area contributed by atoms with Gasteiger partial charge < -0.3 is 10.1 Å². The molecular formula is C6H2ClF3N2O2. The van der Waals surface area contributed by atoms with Crippen LogP contribution in [-0.2, 0) is 6.18 Å². The van der Waals surface area contributed by atoms with E-state index in [4.69, 9.17) is 11.6 Å². The van der Waals surface area contributed by atoms with Gasteiger partial charge in [0.1, 0.15) is 0 Å². The van der Waals surface area contributed by atoms with Crippen LogP contribution in [0.4, 0.5) is 19.0 Å². The maximum absolute atomic E-state index is 12.1. The average molecular weight is 227 g/mol. The molecule has 0 bridgehead atoms. The number of alkyl halides is 3.